The van der Waals surface area contributed by atoms with E-state index < -0.39 is 6.10 Å². The fourth-order valence-electron chi connectivity index (χ4n) is 1.92. The number of benzene rings is 1. The molecule has 2 N–H and O–H groups in total. The van der Waals surface area contributed by atoms with Crippen molar-refractivity contribution in [3.8, 4) is 5.75 Å². The van der Waals surface area contributed by atoms with Gasteiger partial charge in [-0.1, -0.05) is 17.7 Å². The van der Waals surface area contributed by atoms with Gasteiger partial charge in [-0.05, 0) is 32.0 Å². The van der Waals surface area contributed by atoms with E-state index in [0.29, 0.717) is 23.6 Å². The maximum Gasteiger partial charge on any atom is 0.261 e. The smallest absolute Gasteiger partial charge is 0.261 e. The molecule has 0 bridgehead atoms. The molecule has 5 nitrogen and oxygen atoms in total. The van der Waals surface area contributed by atoms with Crippen LogP contribution < -0.4 is 10.1 Å². The fourth-order valence-corrected chi connectivity index (χ4v) is 1.92. The zero-order valence-electron chi connectivity index (χ0n) is 12.1. The number of amides is 1. The zero-order chi connectivity index (χ0) is 15.2. The molecule has 1 amide bonds. The summed E-state index contributed by atoms with van der Waals surface area (Å²) < 4.78 is 10.8. The van der Waals surface area contributed by atoms with Crippen molar-refractivity contribution in [2.45, 2.75) is 33.1 Å². The van der Waals surface area contributed by atoms with Gasteiger partial charge in [-0.3, -0.25) is 4.79 Å². The Morgan fingerprint density at radius 1 is 1.43 bits per heavy atom. The fraction of sp³-hybridized carbons (Fsp3) is 0.312. The number of ether oxygens (including phenoxy) is 1. The minimum Gasteiger partial charge on any atom is -0.481 e. The van der Waals surface area contributed by atoms with E-state index in [1.807, 2.05) is 19.1 Å². The predicted molar refractivity (Wildman–Crippen MR) is 77.7 cm³/mol. The number of aryl methyl sites for hydroxylation is 1. The largest absolute Gasteiger partial charge is 0.481 e. The highest BCUT2D eigenvalue weighted by molar-refractivity contribution is 5.80. The number of aliphatic hydroxyl groups is 1. The summed E-state index contributed by atoms with van der Waals surface area (Å²) >= 11 is 0. The van der Waals surface area contributed by atoms with Gasteiger partial charge in [-0.15, -0.1) is 0 Å². The van der Waals surface area contributed by atoms with Gasteiger partial charge in [0.1, 0.15) is 11.5 Å². The third-order valence-electron chi connectivity index (χ3n) is 3.08. The average Bonchev–Trinajstić information content (AvgIpc) is 2.99. The number of furan rings is 1. The first kappa shape index (κ1) is 15.1. The number of rotatable bonds is 6. The molecule has 0 fully saturated rings. The standard InChI is InChI=1S/C16H19NO4/c1-11-5-6-15(13(8-11)10-18)21-12(2)16(19)17-9-14-4-3-7-20-14/h3-8,12,18H,9-10H2,1-2H3,(H,17,19). The van der Waals surface area contributed by atoms with Crippen LogP contribution in [0.15, 0.2) is 41.0 Å². The van der Waals surface area contributed by atoms with Gasteiger partial charge in [-0.2, -0.15) is 0 Å². The Bertz CT molecular complexity index is 592. The molecule has 0 spiro atoms. The molecule has 1 unspecified atom stereocenters. The van der Waals surface area contributed by atoms with Crippen LogP contribution in [-0.4, -0.2) is 17.1 Å². The maximum atomic E-state index is 12.0. The Morgan fingerprint density at radius 2 is 2.24 bits per heavy atom. The van der Waals surface area contributed by atoms with E-state index in [1.54, 1.807) is 31.4 Å². The molecular formula is C16H19NO4. The number of hydrogen-bond donors (Lipinski definition) is 2. The van der Waals surface area contributed by atoms with Gasteiger partial charge in [0.15, 0.2) is 6.10 Å². The van der Waals surface area contributed by atoms with Crippen LogP contribution in [0.25, 0.3) is 0 Å². The van der Waals surface area contributed by atoms with Crippen molar-refractivity contribution >= 4 is 5.91 Å². The molecule has 0 aliphatic heterocycles. The first-order chi connectivity index (χ1) is 10.1. The first-order valence-corrected chi connectivity index (χ1v) is 6.77. The van der Waals surface area contributed by atoms with Crippen molar-refractivity contribution in [1.29, 1.82) is 0 Å². The summed E-state index contributed by atoms with van der Waals surface area (Å²) in [5.41, 5.74) is 1.70. The van der Waals surface area contributed by atoms with E-state index in [0.717, 1.165) is 5.56 Å². The van der Waals surface area contributed by atoms with Gasteiger partial charge in [0.05, 0.1) is 19.4 Å². The van der Waals surface area contributed by atoms with Crippen molar-refractivity contribution in [2.24, 2.45) is 0 Å². The molecule has 21 heavy (non-hydrogen) atoms. The van der Waals surface area contributed by atoms with Crippen molar-refractivity contribution in [1.82, 2.24) is 5.32 Å². The minimum absolute atomic E-state index is 0.127. The number of hydrogen-bond acceptors (Lipinski definition) is 4. The van der Waals surface area contributed by atoms with Crippen LogP contribution in [0, 0.1) is 6.92 Å². The normalized spacial score (nSPS) is 12.0. The molecule has 112 valence electrons. The highest BCUT2D eigenvalue weighted by atomic mass is 16.5. The summed E-state index contributed by atoms with van der Waals surface area (Å²) in [4.78, 5) is 12.0. The molecular weight excluding hydrogens is 270 g/mol. The SMILES string of the molecule is Cc1ccc(OC(C)C(=O)NCc2ccco2)c(CO)c1. The highest BCUT2D eigenvalue weighted by Crippen LogP contribution is 2.21. The number of nitrogens with one attached hydrogen (secondary N) is 1. The zero-order valence-corrected chi connectivity index (χ0v) is 12.1. The lowest BCUT2D eigenvalue weighted by atomic mass is 10.1. The van der Waals surface area contributed by atoms with Crippen LogP contribution in [0.1, 0.15) is 23.8 Å². The van der Waals surface area contributed by atoms with Gasteiger partial charge < -0.3 is 19.6 Å². The molecule has 2 aromatic rings. The second-order valence-corrected chi connectivity index (χ2v) is 4.83. The average molecular weight is 289 g/mol. The third kappa shape index (κ3) is 4.10. The summed E-state index contributed by atoms with van der Waals surface area (Å²) in [6.45, 7) is 3.79. The van der Waals surface area contributed by atoms with Crippen LogP contribution in [0.5, 0.6) is 5.75 Å². The molecule has 2 rings (SSSR count). The van der Waals surface area contributed by atoms with Crippen molar-refractivity contribution < 1.29 is 19.1 Å². The van der Waals surface area contributed by atoms with Gasteiger partial charge in [0.25, 0.3) is 5.91 Å². The summed E-state index contributed by atoms with van der Waals surface area (Å²) in [7, 11) is 0. The van der Waals surface area contributed by atoms with E-state index in [9.17, 15) is 9.90 Å². The predicted octanol–water partition coefficient (Wildman–Crippen LogP) is 2.16. The van der Waals surface area contributed by atoms with Crippen LogP contribution in [-0.2, 0) is 17.9 Å². The van der Waals surface area contributed by atoms with E-state index in [4.69, 9.17) is 9.15 Å². The van der Waals surface area contributed by atoms with E-state index in [1.165, 1.54) is 0 Å². The Hall–Kier alpha value is -2.27. The maximum absolute atomic E-state index is 12.0. The van der Waals surface area contributed by atoms with Crippen LogP contribution in [0.4, 0.5) is 0 Å². The first-order valence-electron chi connectivity index (χ1n) is 6.77. The molecule has 0 saturated heterocycles. The molecule has 1 aromatic heterocycles. The molecule has 1 atom stereocenters. The van der Waals surface area contributed by atoms with Crippen molar-refractivity contribution in [3.05, 3.63) is 53.5 Å². The number of aliphatic hydroxyl groups excluding tert-OH is 1. The van der Waals surface area contributed by atoms with Gasteiger partial charge in [0.2, 0.25) is 0 Å². The molecule has 0 saturated carbocycles. The molecule has 0 aliphatic carbocycles. The molecule has 1 aromatic carbocycles. The Kier molecular flexibility index (Phi) is 5.00. The molecule has 0 aliphatic rings. The third-order valence-corrected chi connectivity index (χ3v) is 3.08. The summed E-state index contributed by atoms with van der Waals surface area (Å²) in [5, 5.41) is 12.1. The van der Waals surface area contributed by atoms with E-state index >= 15 is 0 Å². The second kappa shape index (κ2) is 6.95. The topological polar surface area (TPSA) is 71.7 Å². The van der Waals surface area contributed by atoms with E-state index in [2.05, 4.69) is 5.32 Å². The summed E-state index contributed by atoms with van der Waals surface area (Å²) in [6.07, 6.45) is 0.898. The number of carbonyl (C=O) groups excluding carboxylic acids is 1. The lowest BCUT2D eigenvalue weighted by Crippen LogP contribution is -2.36. The van der Waals surface area contributed by atoms with E-state index in [-0.39, 0.29) is 12.5 Å². The molecule has 0 radical (unpaired) electrons. The van der Waals surface area contributed by atoms with Crippen molar-refractivity contribution in [2.75, 3.05) is 0 Å². The Morgan fingerprint density at radius 3 is 2.90 bits per heavy atom. The monoisotopic (exact) mass is 289 g/mol. The minimum atomic E-state index is -0.659. The van der Waals surface area contributed by atoms with Crippen LogP contribution in [0.2, 0.25) is 0 Å². The Labute approximate surface area is 123 Å². The van der Waals surface area contributed by atoms with Crippen LogP contribution in [0.3, 0.4) is 0 Å². The second-order valence-electron chi connectivity index (χ2n) is 4.83. The Balaban J connectivity index is 1.94. The summed E-state index contributed by atoms with van der Waals surface area (Å²) in [6, 6.07) is 9.03. The van der Waals surface area contributed by atoms with Gasteiger partial charge in [-0.25, -0.2) is 0 Å². The van der Waals surface area contributed by atoms with Gasteiger partial charge >= 0.3 is 0 Å². The summed E-state index contributed by atoms with van der Waals surface area (Å²) in [5.74, 6) is 0.960. The molecule has 5 heteroatoms. The lowest BCUT2D eigenvalue weighted by molar-refractivity contribution is -0.127. The van der Waals surface area contributed by atoms with Gasteiger partial charge in [0, 0.05) is 5.56 Å². The van der Waals surface area contributed by atoms with Crippen LogP contribution >= 0.6 is 0 Å². The van der Waals surface area contributed by atoms with Crippen molar-refractivity contribution in [3.63, 3.8) is 0 Å². The highest BCUT2D eigenvalue weighted by Gasteiger charge is 2.16. The quantitative estimate of drug-likeness (QED) is 0.855. The number of carbonyl (C=O) groups is 1. The molecule has 1 heterocycles. The lowest BCUT2D eigenvalue weighted by Gasteiger charge is -2.16.